The zero-order chi connectivity index (χ0) is 18.7. The third kappa shape index (κ3) is 3.93. The maximum absolute atomic E-state index is 12.2. The highest BCUT2D eigenvalue weighted by molar-refractivity contribution is 14.1. The SMILES string of the molecule is CCOc1c(/C=C2\N=C(c3ccc(I)c(Br)c3)OC2=O)cccc1OC. The maximum atomic E-state index is 12.2. The fraction of sp³-hybridized carbons (Fsp3) is 0.158. The van der Waals surface area contributed by atoms with Crippen molar-refractivity contribution >= 4 is 56.5 Å². The van der Waals surface area contributed by atoms with Crippen LogP contribution in [0.15, 0.2) is 51.6 Å². The Morgan fingerprint density at radius 2 is 2.12 bits per heavy atom. The van der Waals surface area contributed by atoms with Gasteiger partial charge in [0.05, 0.1) is 13.7 Å². The highest BCUT2D eigenvalue weighted by Gasteiger charge is 2.25. The van der Waals surface area contributed by atoms with Crippen LogP contribution in [0.5, 0.6) is 11.5 Å². The molecule has 0 radical (unpaired) electrons. The summed E-state index contributed by atoms with van der Waals surface area (Å²) in [5, 5.41) is 0. The molecule has 2 aromatic carbocycles. The standard InChI is InChI=1S/C19H15BrINO4/c1-3-25-17-11(5-4-6-16(17)24-2)10-15-19(23)26-18(22-15)12-7-8-14(21)13(20)9-12/h4-10H,3H2,1-2H3/b15-10-. The number of rotatable bonds is 5. The van der Waals surface area contributed by atoms with Crippen molar-refractivity contribution in [1.29, 1.82) is 0 Å². The predicted octanol–water partition coefficient (Wildman–Crippen LogP) is 4.81. The predicted molar refractivity (Wildman–Crippen MR) is 112 cm³/mol. The number of benzene rings is 2. The van der Waals surface area contributed by atoms with Gasteiger partial charge < -0.3 is 14.2 Å². The smallest absolute Gasteiger partial charge is 0.363 e. The van der Waals surface area contributed by atoms with Gasteiger partial charge in [0, 0.05) is 19.2 Å². The minimum atomic E-state index is -0.500. The number of para-hydroxylation sites is 1. The number of esters is 1. The highest BCUT2D eigenvalue weighted by Crippen LogP contribution is 2.33. The van der Waals surface area contributed by atoms with E-state index in [0.29, 0.717) is 23.7 Å². The summed E-state index contributed by atoms with van der Waals surface area (Å²) < 4.78 is 18.3. The van der Waals surface area contributed by atoms with Gasteiger partial charge in [-0.05, 0) is 75.8 Å². The van der Waals surface area contributed by atoms with Gasteiger partial charge in [0.2, 0.25) is 5.90 Å². The van der Waals surface area contributed by atoms with Crippen LogP contribution in [0.2, 0.25) is 0 Å². The van der Waals surface area contributed by atoms with Crippen molar-refractivity contribution in [1.82, 2.24) is 0 Å². The van der Waals surface area contributed by atoms with Crippen LogP contribution in [0, 0.1) is 3.57 Å². The van der Waals surface area contributed by atoms with Gasteiger partial charge in [-0.2, -0.15) is 0 Å². The molecule has 0 amide bonds. The lowest BCUT2D eigenvalue weighted by atomic mass is 10.1. The van der Waals surface area contributed by atoms with Gasteiger partial charge in [0.25, 0.3) is 0 Å². The summed E-state index contributed by atoms with van der Waals surface area (Å²) in [6.07, 6.45) is 1.64. The van der Waals surface area contributed by atoms with Crippen molar-refractivity contribution in [2.75, 3.05) is 13.7 Å². The van der Waals surface area contributed by atoms with Crippen molar-refractivity contribution < 1.29 is 19.0 Å². The highest BCUT2D eigenvalue weighted by atomic mass is 127. The van der Waals surface area contributed by atoms with Crippen molar-refractivity contribution in [3.63, 3.8) is 0 Å². The fourth-order valence-corrected chi connectivity index (χ4v) is 3.13. The van der Waals surface area contributed by atoms with E-state index in [1.807, 2.05) is 37.3 Å². The topological polar surface area (TPSA) is 57.1 Å². The van der Waals surface area contributed by atoms with Crippen LogP contribution in [-0.2, 0) is 9.53 Å². The van der Waals surface area contributed by atoms with Crippen LogP contribution in [0.1, 0.15) is 18.1 Å². The first kappa shape index (κ1) is 18.9. The third-order valence-electron chi connectivity index (χ3n) is 3.60. The first-order valence-corrected chi connectivity index (χ1v) is 9.68. The molecule has 0 saturated carbocycles. The second kappa shape index (κ2) is 8.22. The normalized spacial score (nSPS) is 15.0. The Kier molecular flexibility index (Phi) is 5.98. The van der Waals surface area contributed by atoms with Gasteiger partial charge in [-0.15, -0.1) is 0 Å². The van der Waals surface area contributed by atoms with Crippen LogP contribution in [0.3, 0.4) is 0 Å². The van der Waals surface area contributed by atoms with Crippen molar-refractivity contribution in [3.8, 4) is 11.5 Å². The Hall–Kier alpha value is -1.87. The minimum absolute atomic E-state index is 0.212. The first-order chi connectivity index (χ1) is 12.5. The molecule has 134 valence electrons. The summed E-state index contributed by atoms with van der Waals surface area (Å²) in [6, 6.07) is 11.1. The van der Waals surface area contributed by atoms with Crippen LogP contribution in [-0.4, -0.2) is 25.6 Å². The molecule has 1 aliphatic heterocycles. The molecule has 0 N–H and O–H groups in total. The van der Waals surface area contributed by atoms with E-state index >= 15 is 0 Å². The lowest BCUT2D eigenvalue weighted by Crippen LogP contribution is -2.05. The quantitative estimate of drug-likeness (QED) is 0.318. The number of hydrogen-bond donors (Lipinski definition) is 0. The second-order valence-corrected chi connectivity index (χ2v) is 7.29. The van der Waals surface area contributed by atoms with E-state index in [1.165, 1.54) is 0 Å². The Labute approximate surface area is 173 Å². The Bertz CT molecular complexity index is 924. The second-order valence-electron chi connectivity index (χ2n) is 5.28. The lowest BCUT2D eigenvalue weighted by Gasteiger charge is -2.11. The van der Waals surface area contributed by atoms with E-state index in [4.69, 9.17) is 14.2 Å². The summed E-state index contributed by atoms with van der Waals surface area (Å²) >= 11 is 5.69. The summed E-state index contributed by atoms with van der Waals surface area (Å²) in [7, 11) is 1.57. The molecule has 5 nitrogen and oxygen atoms in total. The number of carbonyl (C=O) groups is 1. The molecule has 7 heteroatoms. The van der Waals surface area contributed by atoms with Crippen molar-refractivity contribution in [3.05, 3.63) is 61.3 Å². The van der Waals surface area contributed by atoms with Gasteiger partial charge in [0.1, 0.15) is 0 Å². The zero-order valence-electron chi connectivity index (χ0n) is 14.1. The van der Waals surface area contributed by atoms with E-state index in [0.717, 1.165) is 13.6 Å². The summed E-state index contributed by atoms with van der Waals surface area (Å²) in [5.41, 5.74) is 1.64. The molecule has 1 heterocycles. The van der Waals surface area contributed by atoms with Crippen LogP contribution < -0.4 is 9.47 Å². The number of methoxy groups -OCH3 is 1. The number of cyclic esters (lactones) is 1. The van der Waals surface area contributed by atoms with Crippen molar-refractivity contribution in [2.45, 2.75) is 6.92 Å². The van der Waals surface area contributed by atoms with Crippen LogP contribution in [0.25, 0.3) is 6.08 Å². The molecule has 26 heavy (non-hydrogen) atoms. The fourth-order valence-electron chi connectivity index (χ4n) is 2.42. The van der Waals surface area contributed by atoms with E-state index in [-0.39, 0.29) is 11.6 Å². The van der Waals surface area contributed by atoms with Gasteiger partial charge in [-0.1, -0.05) is 12.1 Å². The third-order valence-corrected chi connectivity index (χ3v) is 5.94. The molecule has 0 aliphatic carbocycles. The molecule has 3 rings (SSSR count). The zero-order valence-corrected chi connectivity index (χ0v) is 17.8. The molecular formula is C19H15BrINO4. The number of nitrogens with zero attached hydrogens (tertiary/aromatic N) is 1. The van der Waals surface area contributed by atoms with Gasteiger partial charge in [-0.3, -0.25) is 0 Å². The van der Waals surface area contributed by atoms with E-state index in [1.54, 1.807) is 19.3 Å². The lowest BCUT2D eigenvalue weighted by molar-refractivity contribution is -0.129. The maximum Gasteiger partial charge on any atom is 0.363 e. The summed E-state index contributed by atoms with van der Waals surface area (Å²) in [6.45, 7) is 2.37. The largest absolute Gasteiger partial charge is 0.493 e. The summed E-state index contributed by atoms with van der Waals surface area (Å²) in [4.78, 5) is 16.6. The molecular weight excluding hydrogens is 513 g/mol. The van der Waals surface area contributed by atoms with Gasteiger partial charge in [0.15, 0.2) is 17.2 Å². The first-order valence-electron chi connectivity index (χ1n) is 7.81. The van der Waals surface area contributed by atoms with Crippen LogP contribution in [0.4, 0.5) is 0 Å². The summed E-state index contributed by atoms with van der Waals surface area (Å²) in [5.74, 6) is 0.941. The number of carbonyl (C=O) groups excluding carboxylic acids is 1. The van der Waals surface area contributed by atoms with Crippen molar-refractivity contribution in [2.24, 2.45) is 4.99 Å². The number of halogens is 2. The minimum Gasteiger partial charge on any atom is -0.493 e. The average Bonchev–Trinajstić information content (AvgIpc) is 2.99. The molecule has 0 unspecified atom stereocenters. The Morgan fingerprint density at radius 1 is 1.31 bits per heavy atom. The van der Waals surface area contributed by atoms with Gasteiger partial charge in [-0.25, -0.2) is 9.79 Å². The van der Waals surface area contributed by atoms with Crippen LogP contribution >= 0.6 is 38.5 Å². The number of hydrogen-bond acceptors (Lipinski definition) is 5. The molecule has 0 spiro atoms. The number of aliphatic imine (C=N–C) groups is 1. The van der Waals surface area contributed by atoms with E-state index in [9.17, 15) is 4.79 Å². The Morgan fingerprint density at radius 3 is 2.81 bits per heavy atom. The van der Waals surface area contributed by atoms with Gasteiger partial charge >= 0.3 is 5.97 Å². The molecule has 0 fully saturated rings. The molecule has 0 atom stereocenters. The molecule has 0 saturated heterocycles. The molecule has 2 aromatic rings. The van der Waals surface area contributed by atoms with E-state index < -0.39 is 5.97 Å². The molecule has 0 bridgehead atoms. The van der Waals surface area contributed by atoms with E-state index in [2.05, 4.69) is 43.5 Å². The Balaban J connectivity index is 2.00. The monoisotopic (exact) mass is 527 g/mol. The number of ether oxygens (including phenoxy) is 3. The average molecular weight is 528 g/mol. The molecule has 1 aliphatic rings. The molecule has 0 aromatic heterocycles.